The Morgan fingerprint density at radius 2 is 1.93 bits per heavy atom. The lowest BCUT2D eigenvalue weighted by atomic mass is 9.81. The molecule has 0 aromatic carbocycles. The van der Waals surface area contributed by atoms with Crippen molar-refractivity contribution in [2.75, 3.05) is 13.2 Å². The van der Waals surface area contributed by atoms with Crippen LogP contribution < -0.4 is 0 Å². The molecule has 1 heterocycles. The highest BCUT2D eigenvalue weighted by molar-refractivity contribution is 4.83. The molecule has 1 fully saturated rings. The summed E-state index contributed by atoms with van der Waals surface area (Å²) in [6, 6.07) is 0. The van der Waals surface area contributed by atoms with Gasteiger partial charge in [-0.2, -0.15) is 0 Å². The quantitative estimate of drug-likeness (QED) is 0.736. The second kappa shape index (κ2) is 6.49. The molecule has 1 saturated heterocycles. The third kappa shape index (κ3) is 4.52. The lowest BCUT2D eigenvalue weighted by Gasteiger charge is -2.35. The first-order chi connectivity index (χ1) is 7.20. The zero-order chi connectivity index (χ0) is 11.1. The van der Waals surface area contributed by atoms with Crippen molar-refractivity contribution in [2.24, 2.45) is 5.92 Å². The monoisotopic (exact) mass is 214 g/mol. The summed E-state index contributed by atoms with van der Waals surface area (Å²) in [5.41, 5.74) is -0.424. The van der Waals surface area contributed by atoms with Crippen LogP contribution in [0.4, 0.5) is 0 Å². The molecular formula is C13H26O2. The molecule has 0 spiro atoms. The van der Waals surface area contributed by atoms with E-state index in [0.29, 0.717) is 5.92 Å². The molecule has 1 aliphatic rings. The summed E-state index contributed by atoms with van der Waals surface area (Å²) in [4.78, 5) is 0. The Labute approximate surface area is 94.0 Å². The van der Waals surface area contributed by atoms with Crippen molar-refractivity contribution in [1.29, 1.82) is 0 Å². The van der Waals surface area contributed by atoms with Gasteiger partial charge in [0, 0.05) is 13.2 Å². The molecule has 15 heavy (non-hydrogen) atoms. The van der Waals surface area contributed by atoms with Gasteiger partial charge in [0.1, 0.15) is 0 Å². The summed E-state index contributed by atoms with van der Waals surface area (Å²) >= 11 is 0. The Bertz CT molecular complexity index is 162. The van der Waals surface area contributed by atoms with Gasteiger partial charge in [-0.3, -0.25) is 0 Å². The zero-order valence-electron chi connectivity index (χ0n) is 10.3. The van der Waals surface area contributed by atoms with E-state index in [9.17, 15) is 5.11 Å². The molecule has 0 aromatic rings. The summed E-state index contributed by atoms with van der Waals surface area (Å²) in [7, 11) is 0. The minimum absolute atomic E-state index is 0.424. The van der Waals surface area contributed by atoms with Gasteiger partial charge in [0.05, 0.1) is 5.60 Å². The van der Waals surface area contributed by atoms with Crippen molar-refractivity contribution in [3.63, 3.8) is 0 Å². The first-order valence-corrected chi connectivity index (χ1v) is 6.50. The molecule has 1 atom stereocenters. The molecule has 1 unspecified atom stereocenters. The number of aliphatic hydroxyl groups is 1. The normalized spacial score (nSPS) is 22.6. The van der Waals surface area contributed by atoms with Gasteiger partial charge < -0.3 is 9.84 Å². The maximum Gasteiger partial charge on any atom is 0.0694 e. The van der Waals surface area contributed by atoms with Crippen molar-refractivity contribution in [1.82, 2.24) is 0 Å². The summed E-state index contributed by atoms with van der Waals surface area (Å²) in [6.45, 7) is 5.94. The van der Waals surface area contributed by atoms with Crippen molar-refractivity contribution >= 4 is 0 Å². The molecular weight excluding hydrogens is 188 g/mol. The van der Waals surface area contributed by atoms with Crippen LogP contribution in [-0.2, 0) is 4.74 Å². The van der Waals surface area contributed by atoms with Crippen molar-refractivity contribution < 1.29 is 9.84 Å². The predicted octanol–water partition coefficient (Wildman–Crippen LogP) is 3.13. The number of hydrogen-bond acceptors (Lipinski definition) is 2. The molecule has 90 valence electrons. The van der Waals surface area contributed by atoms with Crippen molar-refractivity contribution in [2.45, 2.75) is 64.4 Å². The first kappa shape index (κ1) is 13.0. The first-order valence-electron chi connectivity index (χ1n) is 6.50. The van der Waals surface area contributed by atoms with Gasteiger partial charge in [0.25, 0.3) is 0 Å². The van der Waals surface area contributed by atoms with Gasteiger partial charge >= 0.3 is 0 Å². The maximum absolute atomic E-state index is 10.4. The van der Waals surface area contributed by atoms with Gasteiger partial charge in [-0.1, -0.05) is 39.5 Å². The van der Waals surface area contributed by atoms with Gasteiger partial charge in [0.2, 0.25) is 0 Å². The Hall–Kier alpha value is -0.0800. The smallest absolute Gasteiger partial charge is 0.0694 e. The molecule has 1 N–H and O–H groups in total. The summed E-state index contributed by atoms with van der Waals surface area (Å²) in [5.74, 6) is 0.702. The molecule has 1 rings (SSSR count). The number of ether oxygens (including phenoxy) is 1. The molecule has 2 heteroatoms. The topological polar surface area (TPSA) is 29.5 Å². The second-order valence-electron chi connectivity index (χ2n) is 4.96. The molecule has 0 aliphatic carbocycles. The maximum atomic E-state index is 10.4. The van der Waals surface area contributed by atoms with Crippen LogP contribution in [0.15, 0.2) is 0 Å². The Morgan fingerprint density at radius 3 is 2.47 bits per heavy atom. The van der Waals surface area contributed by atoms with Crippen LogP contribution in [0.25, 0.3) is 0 Å². The zero-order valence-corrected chi connectivity index (χ0v) is 10.3. The standard InChI is InChI=1S/C13H26O2/c1-3-5-6-12(4-2)11-13(14)7-9-15-10-8-13/h12,14H,3-11H2,1-2H3. The molecule has 1 aliphatic heterocycles. The Morgan fingerprint density at radius 1 is 1.27 bits per heavy atom. The van der Waals surface area contributed by atoms with Crippen LogP contribution in [0.1, 0.15) is 58.8 Å². The van der Waals surface area contributed by atoms with Gasteiger partial charge in [-0.25, -0.2) is 0 Å². The minimum atomic E-state index is -0.424. The highest BCUT2D eigenvalue weighted by atomic mass is 16.5. The fraction of sp³-hybridized carbons (Fsp3) is 1.00. The number of unbranched alkanes of at least 4 members (excludes halogenated alkanes) is 1. The minimum Gasteiger partial charge on any atom is -0.390 e. The molecule has 2 nitrogen and oxygen atoms in total. The van der Waals surface area contributed by atoms with Crippen LogP contribution in [0.2, 0.25) is 0 Å². The highest BCUT2D eigenvalue weighted by Gasteiger charge is 2.31. The van der Waals surface area contributed by atoms with E-state index in [4.69, 9.17) is 4.74 Å². The van der Waals surface area contributed by atoms with Gasteiger partial charge in [0.15, 0.2) is 0 Å². The van der Waals surface area contributed by atoms with E-state index < -0.39 is 5.60 Å². The van der Waals surface area contributed by atoms with Crippen LogP contribution in [0.5, 0.6) is 0 Å². The Balaban J connectivity index is 2.34. The highest BCUT2D eigenvalue weighted by Crippen LogP contribution is 2.31. The van der Waals surface area contributed by atoms with Crippen LogP contribution in [0.3, 0.4) is 0 Å². The third-order valence-corrected chi connectivity index (χ3v) is 3.64. The van der Waals surface area contributed by atoms with Gasteiger partial charge in [-0.05, 0) is 25.2 Å². The fourth-order valence-corrected chi connectivity index (χ4v) is 2.44. The second-order valence-corrected chi connectivity index (χ2v) is 4.96. The SMILES string of the molecule is CCCCC(CC)CC1(O)CCOCC1. The van der Waals surface area contributed by atoms with E-state index >= 15 is 0 Å². The average molecular weight is 214 g/mol. The van der Waals surface area contributed by atoms with E-state index in [1.54, 1.807) is 0 Å². The van der Waals surface area contributed by atoms with Crippen LogP contribution in [0, 0.1) is 5.92 Å². The van der Waals surface area contributed by atoms with Gasteiger partial charge in [-0.15, -0.1) is 0 Å². The van der Waals surface area contributed by atoms with Crippen LogP contribution >= 0.6 is 0 Å². The van der Waals surface area contributed by atoms with E-state index in [0.717, 1.165) is 32.5 Å². The molecule has 0 radical (unpaired) electrons. The van der Waals surface area contributed by atoms with Crippen molar-refractivity contribution in [3.05, 3.63) is 0 Å². The van der Waals surface area contributed by atoms with E-state index in [-0.39, 0.29) is 0 Å². The predicted molar refractivity (Wildman–Crippen MR) is 62.9 cm³/mol. The third-order valence-electron chi connectivity index (χ3n) is 3.64. The summed E-state index contributed by atoms with van der Waals surface area (Å²) in [5, 5.41) is 10.4. The molecule has 0 saturated carbocycles. The van der Waals surface area contributed by atoms with Crippen LogP contribution in [-0.4, -0.2) is 23.9 Å². The molecule has 0 bridgehead atoms. The largest absolute Gasteiger partial charge is 0.390 e. The van der Waals surface area contributed by atoms with Crippen molar-refractivity contribution in [3.8, 4) is 0 Å². The Kier molecular flexibility index (Phi) is 5.62. The molecule has 0 aromatic heterocycles. The lowest BCUT2D eigenvalue weighted by molar-refractivity contribution is -0.0771. The fourth-order valence-electron chi connectivity index (χ4n) is 2.44. The number of rotatable bonds is 6. The summed E-state index contributed by atoms with van der Waals surface area (Å²) in [6.07, 6.45) is 7.67. The molecule has 0 amide bonds. The van der Waals surface area contributed by atoms with E-state index in [1.807, 2.05) is 0 Å². The number of hydrogen-bond donors (Lipinski definition) is 1. The summed E-state index contributed by atoms with van der Waals surface area (Å²) < 4.78 is 5.30. The van der Waals surface area contributed by atoms with E-state index in [1.165, 1.54) is 25.7 Å². The lowest BCUT2D eigenvalue weighted by Crippen LogP contribution is -2.37. The average Bonchev–Trinajstić information content (AvgIpc) is 2.25. The van der Waals surface area contributed by atoms with E-state index in [2.05, 4.69) is 13.8 Å².